The minimum Gasteiger partial charge on any atom is -0.392 e. The van der Waals surface area contributed by atoms with Crippen LogP contribution in [0.2, 0.25) is 0 Å². The lowest BCUT2D eigenvalue weighted by molar-refractivity contribution is -0.116. The van der Waals surface area contributed by atoms with Crippen molar-refractivity contribution in [2.45, 2.75) is 45.8 Å². The van der Waals surface area contributed by atoms with E-state index < -0.39 is 0 Å². The summed E-state index contributed by atoms with van der Waals surface area (Å²) < 4.78 is 0. The van der Waals surface area contributed by atoms with Gasteiger partial charge in [-0.1, -0.05) is 13.8 Å². The summed E-state index contributed by atoms with van der Waals surface area (Å²) in [6.45, 7) is 7.49. The van der Waals surface area contributed by atoms with Crippen molar-refractivity contribution in [2.75, 3.05) is 13.1 Å². The first-order chi connectivity index (χ1) is 6.44. The van der Waals surface area contributed by atoms with E-state index >= 15 is 0 Å². The Balaban J connectivity index is 2.53. The predicted molar refractivity (Wildman–Crippen MR) is 56.1 cm³/mol. The number of piperidine rings is 1. The Bertz CT molecular complexity index is 203. The Labute approximate surface area is 86.1 Å². The third-order valence-electron chi connectivity index (χ3n) is 2.92. The molecule has 0 amide bonds. The molecule has 0 radical (unpaired) electrons. The first-order valence-corrected chi connectivity index (χ1v) is 5.33. The zero-order valence-corrected chi connectivity index (χ0v) is 9.36. The zero-order valence-electron chi connectivity index (χ0n) is 9.36. The first-order valence-electron chi connectivity index (χ1n) is 5.33. The molecule has 3 heteroatoms. The van der Waals surface area contributed by atoms with Crippen LogP contribution in [-0.2, 0) is 4.79 Å². The monoisotopic (exact) mass is 199 g/mol. The number of hydrogen-bond donors (Lipinski definition) is 1. The summed E-state index contributed by atoms with van der Waals surface area (Å²) in [6, 6.07) is 0.484. The summed E-state index contributed by atoms with van der Waals surface area (Å²) in [7, 11) is 0. The normalized spacial score (nSPS) is 30.3. The lowest BCUT2D eigenvalue weighted by atomic mass is 9.92. The summed E-state index contributed by atoms with van der Waals surface area (Å²) >= 11 is 0. The minimum atomic E-state index is -0.300. The number of likely N-dealkylation sites (tertiary alicyclic amines) is 1. The molecule has 2 unspecified atom stereocenters. The quantitative estimate of drug-likeness (QED) is 0.691. The van der Waals surface area contributed by atoms with Crippen molar-refractivity contribution in [3.8, 4) is 0 Å². The molecule has 0 aliphatic carbocycles. The number of nitrogens with zero attached hydrogens (tertiary/aromatic N) is 1. The molecule has 0 aromatic carbocycles. The van der Waals surface area contributed by atoms with Gasteiger partial charge in [0, 0.05) is 24.5 Å². The summed E-state index contributed by atoms with van der Waals surface area (Å²) in [5.41, 5.74) is -0.300. The first kappa shape index (κ1) is 11.7. The van der Waals surface area contributed by atoms with E-state index in [0.717, 1.165) is 25.7 Å². The molecule has 14 heavy (non-hydrogen) atoms. The van der Waals surface area contributed by atoms with Gasteiger partial charge in [0.25, 0.3) is 0 Å². The van der Waals surface area contributed by atoms with Gasteiger partial charge in [-0.3, -0.25) is 4.90 Å². The van der Waals surface area contributed by atoms with Crippen LogP contribution in [0.1, 0.15) is 33.6 Å². The van der Waals surface area contributed by atoms with Crippen LogP contribution in [0.15, 0.2) is 0 Å². The second kappa shape index (κ2) is 4.41. The van der Waals surface area contributed by atoms with Crippen LogP contribution in [0.4, 0.5) is 0 Å². The van der Waals surface area contributed by atoms with Crippen molar-refractivity contribution in [3.05, 3.63) is 0 Å². The fraction of sp³-hybridized carbons (Fsp3) is 0.909. The Morgan fingerprint density at radius 1 is 1.50 bits per heavy atom. The fourth-order valence-electron chi connectivity index (χ4n) is 1.94. The van der Waals surface area contributed by atoms with Crippen LogP contribution in [0.5, 0.6) is 0 Å². The molecule has 0 spiro atoms. The van der Waals surface area contributed by atoms with Gasteiger partial charge in [-0.05, 0) is 19.8 Å². The lowest BCUT2D eigenvalue weighted by Crippen LogP contribution is -2.48. The van der Waals surface area contributed by atoms with Crippen LogP contribution >= 0.6 is 0 Å². The van der Waals surface area contributed by atoms with Crippen LogP contribution in [0.3, 0.4) is 0 Å². The average Bonchev–Trinajstić information content (AvgIpc) is 2.11. The highest BCUT2D eigenvalue weighted by Crippen LogP contribution is 2.22. The Kier molecular flexibility index (Phi) is 3.67. The molecule has 0 saturated carbocycles. The summed E-state index contributed by atoms with van der Waals surface area (Å²) in [4.78, 5) is 13.0. The Morgan fingerprint density at radius 2 is 2.14 bits per heavy atom. The summed E-state index contributed by atoms with van der Waals surface area (Å²) in [6.07, 6.45) is 2.70. The summed E-state index contributed by atoms with van der Waals surface area (Å²) in [5, 5.41) is 9.54. The van der Waals surface area contributed by atoms with E-state index in [4.69, 9.17) is 0 Å². The number of β-amino-alcohol motifs (C(OH)–C–C–N with tert-alkyl or cyclic N) is 1. The third-order valence-corrected chi connectivity index (χ3v) is 2.92. The maximum Gasteiger partial charge on any atom is 0.126 e. The number of aliphatic hydroxyl groups excluding tert-OH is 1. The highest BCUT2D eigenvalue weighted by Gasteiger charge is 2.29. The molecule has 1 aliphatic heterocycles. The van der Waals surface area contributed by atoms with E-state index in [9.17, 15) is 9.90 Å². The second-order valence-corrected chi connectivity index (χ2v) is 5.12. The number of aldehydes is 1. The van der Waals surface area contributed by atoms with Gasteiger partial charge in [-0.15, -0.1) is 0 Å². The highest BCUT2D eigenvalue weighted by atomic mass is 16.3. The molecule has 82 valence electrons. The van der Waals surface area contributed by atoms with Crippen LogP contribution in [0.25, 0.3) is 0 Å². The van der Waals surface area contributed by atoms with Gasteiger partial charge < -0.3 is 9.90 Å². The Morgan fingerprint density at radius 3 is 2.71 bits per heavy atom. The lowest BCUT2D eigenvalue weighted by Gasteiger charge is -2.39. The van der Waals surface area contributed by atoms with Crippen LogP contribution < -0.4 is 0 Å². The molecule has 1 saturated heterocycles. The molecular weight excluding hydrogens is 178 g/mol. The van der Waals surface area contributed by atoms with Crippen LogP contribution in [-0.4, -0.2) is 41.5 Å². The number of hydrogen-bond acceptors (Lipinski definition) is 3. The van der Waals surface area contributed by atoms with E-state index in [-0.39, 0.29) is 11.5 Å². The molecule has 3 nitrogen and oxygen atoms in total. The molecule has 1 N–H and O–H groups in total. The predicted octanol–water partition coefficient (Wildman–Crippen LogP) is 1.06. The number of aliphatic hydroxyl groups is 1. The van der Waals surface area contributed by atoms with Gasteiger partial charge in [-0.2, -0.15) is 0 Å². The van der Waals surface area contributed by atoms with E-state index in [1.807, 2.05) is 13.8 Å². The van der Waals surface area contributed by atoms with E-state index in [1.165, 1.54) is 0 Å². The molecular formula is C11H21NO2. The molecule has 1 aliphatic rings. The number of carbonyl (C=O) groups is 1. The second-order valence-electron chi connectivity index (χ2n) is 5.12. The van der Waals surface area contributed by atoms with Gasteiger partial charge in [0.2, 0.25) is 0 Å². The van der Waals surface area contributed by atoms with E-state index in [2.05, 4.69) is 11.8 Å². The summed E-state index contributed by atoms with van der Waals surface area (Å²) in [5.74, 6) is 0. The fourth-order valence-corrected chi connectivity index (χ4v) is 1.94. The van der Waals surface area contributed by atoms with Gasteiger partial charge in [0.1, 0.15) is 6.29 Å². The van der Waals surface area contributed by atoms with E-state index in [0.29, 0.717) is 12.6 Å². The zero-order chi connectivity index (χ0) is 10.8. The standard InChI is InChI=1S/C11H21NO2/c1-9-4-5-10(14)6-12(9)7-11(2,3)8-13/h8-10,14H,4-7H2,1-3H3. The van der Waals surface area contributed by atoms with Gasteiger partial charge in [-0.25, -0.2) is 0 Å². The highest BCUT2D eigenvalue weighted by molar-refractivity contribution is 5.58. The van der Waals surface area contributed by atoms with Crippen LogP contribution in [0, 0.1) is 5.41 Å². The molecule has 2 atom stereocenters. The van der Waals surface area contributed by atoms with Crippen molar-refractivity contribution in [1.82, 2.24) is 4.90 Å². The smallest absolute Gasteiger partial charge is 0.126 e. The molecule has 0 bridgehead atoms. The van der Waals surface area contributed by atoms with Gasteiger partial charge in [0.05, 0.1) is 6.10 Å². The number of carbonyl (C=O) groups excluding carboxylic acids is 1. The SMILES string of the molecule is CC1CCC(O)CN1CC(C)(C)C=O. The number of rotatable bonds is 3. The molecule has 1 heterocycles. The van der Waals surface area contributed by atoms with Crippen molar-refractivity contribution in [2.24, 2.45) is 5.41 Å². The maximum absolute atomic E-state index is 10.8. The molecule has 1 fully saturated rings. The molecule has 0 aromatic rings. The Hall–Kier alpha value is -0.410. The van der Waals surface area contributed by atoms with Gasteiger partial charge in [0.15, 0.2) is 0 Å². The van der Waals surface area contributed by atoms with E-state index in [1.54, 1.807) is 0 Å². The minimum absolute atomic E-state index is 0.214. The van der Waals surface area contributed by atoms with Crippen molar-refractivity contribution in [1.29, 1.82) is 0 Å². The van der Waals surface area contributed by atoms with Crippen molar-refractivity contribution >= 4 is 6.29 Å². The van der Waals surface area contributed by atoms with Crippen molar-refractivity contribution in [3.63, 3.8) is 0 Å². The average molecular weight is 199 g/mol. The molecule has 0 aromatic heterocycles. The topological polar surface area (TPSA) is 40.5 Å². The largest absolute Gasteiger partial charge is 0.392 e. The maximum atomic E-state index is 10.8. The molecule has 1 rings (SSSR count). The third kappa shape index (κ3) is 3.07. The van der Waals surface area contributed by atoms with Crippen molar-refractivity contribution < 1.29 is 9.90 Å². The van der Waals surface area contributed by atoms with Gasteiger partial charge >= 0.3 is 0 Å².